The highest BCUT2D eigenvalue weighted by Crippen LogP contribution is 2.38. The van der Waals surface area contributed by atoms with Gasteiger partial charge in [0, 0.05) is 23.4 Å². The number of nitrogens with one attached hydrogen (secondary N) is 1. The lowest BCUT2D eigenvalue weighted by Gasteiger charge is -2.30. The van der Waals surface area contributed by atoms with E-state index in [9.17, 15) is 26.8 Å². The molecule has 1 N–H and O–H groups in total. The molecule has 3 rings (SSSR count). The molecule has 1 aromatic carbocycles. The molecular formula is C21H24F2N2O5S2. The average molecular weight is 487 g/mol. The Labute approximate surface area is 189 Å². The Morgan fingerprint density at radius 1 is 1.22 bits per heavy atom. The number of thiophene rings is 1. The van der Waals surface area contributed by atoms with Crippen LogP contribution in [0.1, 0.15) is 47.5 Å². The first kappa shape index (κ1) is 24.1. The number of carbonyl (C=O) groups is 2. The number of esters is 1. The summed E-state index contributed by atoms with van der Waals surface area (Å²) in [7, 11) is -3.16. The van der Waals surface area contributed by atoms with Crippen molar-refractivity contribution in [3.63, 3.8) is 0 Å². The van der Waals surface area contributed by atoms with Gasteiger partial charge in [-0.2, -0.15) is 0 Å². The first-order valence-corrected chi connectivity index (χ1v) is 12.4. The van der Waals surface area contributed by atoms with Gasteiger partial charge in [0.25, 0.3) is 10.0 Å². The maximum Gasteiger partial charge on any atom is 0.340 e. The van der Waals surface area contributed by atoms with Crippen LogP contribution in [0.3, 0.4) is 0 Å². The first-order chi connectivity index (χ1) is 15.1. The predicted octanol–water partition coefficient (Wildman–Crippen LogP) is 3.93. The van der Waals surface area contributed by atoms with Crippen LogP contribution in [0.2, 0.25) is 0 Å². The second kappa shape index (κ2) is 9.53. The molecule has 32 heavy (non-hydrogen) atoms. The molecule has 0 aliphatic carbocycles. The van der Waals surface area contributed by atoms with Gasteiger partial charge in [-0.3, -0.25) is 9.52 Å². The molecule has 1 aromatic heterocycles. The largest absolute Gasteiger partial charge is 0.465 e. The van der Waals surface area contributed by atoms with Gasteiger partial charge in [-0.25, -0.2) is 22.0 Å². The van der Waals surface area contributed by atoms with E-state index in [0.717, 1.165) is 30.6 Å². The van der Waals surface area contributed by atoms with Crippen LogP contribution in [0.25, 0.3) is 0 Å². The monoisotopic (exact) mass is 486 g/mol. The van der Waals surface area contributed by atoms with Crippen molar-refractivity contribution in [2.24, 2.45) is 5.92 Å². The smallest absolute Gasteiger partial charge is 0.340 e. The summed E-state index contributed by atoms with van der Waals surface area (Å²) in [5, 5.41) is 0. The Balaban J connectivity index is 1.99. The van der Waals surface area contributed by atoms with Crippen LogP contribution in [0.4, 0.5) is 14.5 Å². The second-order valence-corrected chi connectivity index (χ2v) is 10.4. The fraction of sp³-hybridized carbons (Fsp3) is 0.429. The van der Waals surface area contributed by atoms with Gasteiger partial charge in [0.2, 0.25) is 5.91 Å². The van der Waals surface area contributed by atoms with Crippen LogP contribution in [-0.2, 0) is 32.5 Å². The highest BCUT2D eigenvalue weighted by molar-refractivity contribution is 7.94. The van der Waals surface area contributed by atoms with Crippen molar-refractivity contribution in [3.8, 4) is 0 Å². The number of halogens is 2. The van der Waals surface area contributed by atoms with Crippen LogP contribution < -0.4 is 4.72 Å². The summed E-state index contributed by atoms with van der Waals surface area (Å²) in [5.41, 5.74) is 0.259. The number of hydrogen-bond acceptors (Lipinski definition) is 6. The summed E-state index contributed by atoms with van der Waals surface area (Å²) < 4.78 is 59.6. The molecular weight excluding hydrogens is 462 g/mol. The van der Waals surface area contributed by atoms with Crippen molar-refractivity contribution >= 4 is 38.9 Å². The van der Waals surface area contributed by atoms with Crippen molar-refractivity contribution < 1.29 is 31.5 Å². The maximum atomic E-state index is 13.5. The zero-order valence-electron chi connectivity index (χ0n) is 17.9. The summed E-state index contributed by atoms with van der Waals surface area (Å²) in [6, 6.07) is 2.60. The van der Waals surface area contributed by atoms with Gasteiger partial charge in [0.05, 0.1) is 24.9 Å². The Kier molecular flexibility index (Phi) is 7.19. The minimum absolute atomic E-state index is 0.00186. The highest BCUT2D eigenvalue weighted by Gasteiger charge is 2.36. The third kappa shape index (κ3) is 4.63. The molecule has 0 saturated heterocycles. The molecule has 0 unspecified atom stereocenters. The molecule has 0 radical (unpaired) electrons. The van der Waals surface area contributed by atoms with E-state index in [0.29, 0.717) is 42.3 Å². The molecule has 0 bridgehead atoms. The van der Waals surface area contributed by atoms with E-state index in [1.54, 1.807) is 4.90 Å². The van der Waals surface area contributed by atoms with E-state index in [2.05, 4.69) is 4.72 Å². The van der Waals surface area contributed by atoms with Crippen molar-refractivity contribution in [2.45, 2.75) is 43.9 Å². The Bertz CT molecular complexity index is 1140. The molecule has 0 atom stereocenters. The molecule has 0 spiro atoms. The number of methoxy groups -OCH3 is 1. The quantitative estimate of drug-likeness (QED) is 0.599. The van der Waals surface area contributed by atoms with E-state index < -0.39 is 27.6 Å². The number of carbonyl (C=O) groups excluding carboxylic acids is 2. The summed E-state index contributed by atoms with van der Waals surface area (Å²) in [6.07, 6.45) is 1.71. The van der Waals surface area contributed by atoms with Gasteiger partial charge in [0.15, 0.2) is 15.8 Å². The Morgan fingerprint density at radius 3 is 2.50 bits per heavy atom. The number of fused-ring (bicyclic) bond motifs is 1. The normalized spacial score (nSPS) is 13.8. The number of benzene rings is 1. The highest BCUT2D eigenvalue weighted by atomic mass is 32.2. The molecule has 0 saturated carbocycles. The zero-order chi connectivity index (χ0) is 23.6. The lowest BCUT2D eigenvalue weighted by atomic mass is 9.98. The topological polar surface area (TPSA) is 92.8 Å². The van der Waals surface area contributed by atoms with Gasteiger partial charge in [0.1, 0.15) is 0 Å². The van der Waals surface area contributed by atoms with E-state index in [1.165, 1.54) is 0 Å². The molecule has 1 aliphatic heterocycles. The molecule has 2 aromatic rings. The standard InChI is InChI=1S/C21H24F2N2O5S2/c1-4-12(5-2)19(26)25-9-8-14-17(11-25)31-21(18(14)20(27)30-3)32(28,29)24-13-6-7-15(22)16(23)10-13/h6-7,10,12,24H,4-5,8-9,11H2,1-3H3. The van der Waals surface area contributed by atoms with Gasteiger partial charge >= 0.3 is 5.97 Å². The molecule has 1 aliphatic rings. The van der Waals surface area contributed by atoms with Crippen LogP contribution in [0.15, 0.2) is 22.4 Å². The van der Waals surface area contributed by atoms with Crippen LogP contribution >= 0.6 is 11.3 Å². The third-order valence-electron chi connectivity index (χ3n) is 5.48. The van der Waals surface area contributed by atoms with Crippen molar-refractivity contribution in [1.29, 1.82) is 0 Å². The van der Waals surface area contributed by atoms with Crippen molar-refractivity contribution in [3.05, 3.63) is 45.8 Å². The summed E-state index contributed by atoms with van der Waals surface area (Å²) in [4.78, 5) is 27.5. The van der Waals surface area contributed by atoms with Crippen molar-refractivity contribution in [2.75, 3.05) is 18.4 Å². The molecule has 0 fully saturated rings. The lowest BCUT2D eigenvalue weighted by molar-refractivity contribution is -0.136. The molecule has 1 amide bonds. The van der Waals surface area contributed by atoms with Crippen LogP contribution in [0, 0.1) is 17.6 Å². The average Bonchev–Trinajstić information content (AvgIpc) is 3.16. The number of ether oxygens (including phenoxy) is 1. The van der Waals surface area contributed by atoms with Gasteiger partial charge in [-0.15, -0.1) is 11.3 Å². The van der Waals surface area contributed by atoms with E-state index in [4.69, 9.17) is 4.74 Å². The van der Waals surface area contributed by atoms with E-state index >= 15 is 0 Å². The first-order valence-electron chi connectivity index (χ1n) is 10.1. The fourth-order valence-electron chi connectivity index (χ4n) is 3.72. The Morgan fingerprint density at radius 2 is 1.91 bits per heavy atom. The van der Waals surface area contributed by atoms with Gasteiger partial charge in [-0.1, -0.05) is 13.8 Å². The number of hydrogen-bond donors (Lipinski definition) is 1. The summed E-state index contributed by atoms with van der Waals surface area (Å²) in [5.74, 6) is -3.25. The fourth-order valence-corrected chi connectivity index (χ4v) is 6.67. The maximum absolute atomic E-state index is 13.5. The van der Waals surface area contributed by atoms with Crippen molar-refractivity contribution in [1.82, 2.24) is 4.90 Å². The molecule has 174 valence electrons. The van der Waals surface area contributed by atoms with E-state index in [-0.39, 0.29) is 33.8 Å². The summed E-state index contributed by atoms with van der Waals surface area (Å²) in [6.45, 7) is 4.44. The minimum atomic E-state index is -4.31. The van der Waals surface area contributed by atoms with E-state index in [1.807, 2.05) is 13.8 Å². The predicted molar refractivity (Wildman–Crippen MR) is 116 cm³/mol. The van der Waals surface area contributed by atoms with Gasteiger partial charge < -0.3 is 9.64 Å². The molecule has 11 heteroatoms. The van der Waals surface area contributed by atoms with Gasteiger partial charge in [-0.05, 0) is 37.0 Å². The minimum Gasteiger partial charge on any atom is -0.465 e. The SMILES string of the molecule is CCC(CC)C(=O)N1CCc2c(sc(S(=O)(=O)Nc3ccc(F)c(F)c3)c2C(=O)OC)C1. The lowest BCUT2D eigenvalue weighted by Crippen LogP contribution is -2.39. The summed E-state index contributed by atoms with van der Waals surface area (Å²) >= 11 is 0.874. The number of amides is 1. The number of sulfonamides is 1. The zero-order valence-corrected chi connectivity index (χ0v) is 19.5. The van der Waals surface area contributed by atoms with Crippen LogP contribution in [-0.4, -0.2) is 38.8 Å². The number of nitrogens with zero attached hydrogens (tertiary/aromatic N) is 1. The molecule has 7 nitrogen and oxygen atoms in total. The third-order valence-corrected chi connectivity index (χ3v) is 8.59. The van der Waals surface area contributed by atoms with Crippen LogP contribution in [0.5, 0.6) is 0 Å². The number of rotatable bonds is 7. The second-order valence-electron chi connectivity index (χ2n) is 7.42. The molecule has 2 heterocycles. The Hall–Kier alpha value is -2.53. The number of anilines is 1.